The number of hydrogen-bond acceptors (Lipinski definition) is 5. The fourth-order valence-electron chi connectivity index (χ4n) is 1.49. The van der Waals surface area contributed by atoms with Crippen LogP contribution in [-0.2, 0) is 21.4 Å². The Hall–Kier alpha value is -1.61. The molecule has 0 unspecified atom stereocenters. The van der Waals surface area contributed by atoms with Gasteiger partial charge in [0, 0.05) is 26.3 Å². The molecule has 1 amide bonds. The van der Waals surface area contributed by atoms with E-state index in [4.69, 9.17) is 5.73 Å². The molecule has 19 heavy (non-hydrogen) atoms. The number of aryl methyl sites for hydroxylation is 1. The summed E-state index contributed by atoms with van der Waals surface area (Å²) in [6.45, 7) is 4.28. The van der Waals surface area contributed by atoms with Crippen molar-refractivity contribution in [1.82, 2.24) is 19.4 Å². The average Bonchev–Trinajstić information content (AvgIpc) is 2.71. The molecule has 0 aliphatic heterocycles. The van der Waals surface area contributed by atoms with Gasteiger partial charge in [0.2, 0.25) is 15.9 Å². The first-order valence-corrected chi connectivity index (χ1v) is 7.32. The quantitative estimate of drug-likeness (QED) is 0.715. The number of sulfonamides is 1. The van der Waals surface area contributed by atoms with Crippen molar-refractivity contribution >= 4 is 21.7 Å². The number of nitrogens with one attached hydrogen (secondary N) is 1. The number of likely N-dealkylation sites (N-methyl/N-ethyl adjacent to an activating group) is 2. The second-order valence-electron chi connectivity index (χ2n) is 3.95. The Morgan fingerprint density at radius 3 is 2.63 bits per heavy atom. The van der Waals surface area contributed by atoms with Crippen molar-refractivity contribution in [1.29, 1.82) is 0 Å². The number of carbonyl (C=O) groups is 1. The van der Waals surface area contributed by atoms with Crippen LogP contribution in [-0.4, -0.2) is 48.5 Å². The van der Waals surface area contributed by atoms with Crippen molar-refractivity contribution in [3.8, 4) is 0 Å². The summed E-state index contributed by atoms with van der Waals surface area (Å²) in [6.07, 6.45) is 1.36. The minimum Gasteiger partial charge on any atom is -0.381 e. The van der Waals surface area contributed by atoms with E-state index in [-0.39, 0.29) is 23.2 Å². The highest BCUT2D eigenvalue weighted by molar-refractivity contribution is 7.89. The van der Waals surface area contributed by atoms with Crippen LogP contribution in [0.4, 0.5) is 5.82 Å². The van der Waals surface area contributed by atoms with Gasteiger partial charge in [-0.25, -0.2) is 8.42 Å². The van der Waals surface area contributed by atoms with Crippen LogP contribution in [0.15, 0.2) is 11.1 Å². The Labute approximate surface area is 112 Å². The molecule has 0 radical (unpaired) electrons. The van der Waals surface area contributed by atoms with E-state index >= 15 is 0 Å². The first kappa shape index (κ1) is 15.4. The largest absolute Gasteiger partial charge is 0.381 e. The van der Waals surface area contributed by atoms with E-state index in [0.717, 1.165) is 4.31 Å². The summed E-state index contributed by atoms with van der Waals surface area (Å²) in [5.41, 5.74) is 5.59. The van der Waals surface area contributed by atoms with Crippen LogP contribution >= 0.6 is 0 Å². The third kappa shape index (κ3) is 3.44. The molecule has 3 N–H and O–H groups in total. The smallest absolute Gasteiger partial charge is 0.248 e. The molecule has 0 saturated heterocycles. The van der Waals surface area contributed by atoms with E-state index in [1.165, 1.54) is 17.9 Å². The molecule has 0 bridgehead atoms. The van der Waals surface area contributed by atoms with E-state index in [0.29, 0.717) is 13.1 Å². The summed E-state index contributed by atoms with van der Waals surface area (Å²) < 4.78 is 26.9. The Bertz CT molecular complexity index is 552. The van der Waals surface area contributed by atoms with Gasteiger partial charge in [-0.05, 0) is 13.8 Å². The normalized spacial score (nSPS) is 11.8. The van der Waals surface area contributed by atoms with Crippen molar-refractivity contribution < 1.29 is 13.2 Å². The second-order valence-corrected chi connectivity index (χ2v) is 5.96. The van der Waals surface area contributed by atoms with Crippen LogP contribution in [0, 0.1) is 0 Å². The van der Waals surface area contributed by atoms with E-state index in [1.807, 2.05) is 6.92 Å². The number of aromatic nitrogens is 2. The predicted octanol–water partition coefficient (Wildman–Crippen LogP) is -0.758. The highest BCUT2D eigenvalue weighted by atomic mass is 32.2. The van der Waals surface area contributed by atoms with Gasteiger partial charge >= 0.3 is 0 Å². The molecular weight excluding hydrogens is 270 g/mol. The summed E-state index contributed by atoms with van der Waals surface area (Å²) >= 11 is 0. The molecule has 1 aromatic heterocycles. The summed E-state index contributed by atoms with van der Waals surface area (Å²) in [4.78, 5) is 11.3. The lowest BCUT2D eigenvalue weighted by atomic mass is 10.5. The first-order valence-electron chi connectivity index (χ1n) is 5.88. The Morgan fingerprint density at radius 2 is 2.16 bits per heavy atom. The molecule has 0 aromatic carbocycles. The van der Waals surface area contributed by atoms with Gasteiger partial charge in [-0.2, -0.15) is 9.40 Å². The first-order chi connectivity index (χ1) is 8.82. The van der Waals surface area contributed by atoms with Crippen LogP contribution in [0.2, 0.25) is 0 Å². The maximum absolute atomic E-state index is 12.2. The lowest BCUT2D eigenvalue weighted by Crippen LogP contribution is -2.38. The van der Waals surface area contributed by atoms with Crippen LogP contribution in [0.5, 0.6) is 0 Å². The number of rotatable bonds is 6. The summed E-state index contributed by atoms with van der Waals surface area (Å²) in [5, 5.41) is 6.42. The summed E-state index contributed by atoms with van der Waals surface area (Å²) in [7, 11) is -2.48. The monoisotopic (exact) mass is 289 g/mol. The number of nitrogen functional groups attached to an aromatic ring is 1. The van der Waals surface area contributed by atoms with Gasteiger partial charge < -0.3 is 11.1 Å². The minimum atomic E-state index is -3.81. The van der Waals surface area contributed by atoms with Gasteiger partial charge in [0.15, 0.2) is 5.82 Å². The molecule has 108 valence electrons. The molecule has 1 rings (SSSR count). The van der Waals surface area contributed by atoms with Crippen molar-refractivity contribution in [2.75, 3.05) is 25.9 Å². The topological polar surface area (TPSA) is 110 Å². The lowest BCUT2D eigenvalue weighted by Gasteiger charge is -2.15. The number of anilines is 1. The second kappa shape index (κ2) is 6.02. The highest BCUT2D eigenvalue weighted by Crippen LogP contribution is 2.19. The molecule has 0 saturated carbocycles. The molecule has 1 aromatic rings. The number of carbonyl (C=O) groups excluding carboxylic acids is 1. The van der Waals surface area contributed by atoms with Crippen molar-refractivity contribution in [3.05, 3.63) is 6.20 Å². The fraction of sp³-hybridized carbons (Fsp3) is 0.600. The maximum atomic E-state index is 12.2. The number of nitrogens with zero attached hydrogens (tertiary/aromatic N) is 3. The van der Waals surface area contributed by atoms with Crippen LogP contribution in [0.3, 0.4) is 0 Å². The SMILES string of the molecule is CCNC(=O)CN(C)S(=O)(=O)c1cn(CC)nc1N. The predicted molar refractivity (Wildman–Crippen MR) is 70.8 cm³/mol. The molecule has 8 nitrogen and oxygen atoms in total. The van der Waals surface area contributed by atoms with Crippen molar-refractivity contribution in [2.45, 2.75) is 25.3 Å². The Morgan fingerprint density at radius 1 is 1.53 bits per heavy atom. The Balaban J connectivity index is 2.96. The molecule has 0 aliphatic rings. The standard InChI is InChI=1S/C10H19N5O3S/c1-4-12-9(16)7-14(3)19(17,18)8-6-15(5-2)13-10(8)11/h6H,4-5,7H2,1-3H3,(H2,11,13)(H,12,16). The summed E-state index contributed by atoms with van der Waals surface area (Å²) in [6, 6.07) is 0. The fourth-order valence-corrected chi connectivity index (χ4v) is 2.67. The molecule has 0 fully saturated rings. The molecule has 0 atom stereocenters. The average molecular weight is 289 g/mol. The molecule has 1 heterocycles. The zero-order valence-electron chi connectivity index (χ0n) is 11.3. The van der Waals surface area contributed by atoms with Crippen LogP contribution in [0.25, 0.3) is 0 Å². The van der Waals surface area contributed by atoms with Crippen LogP contribution in [0.1, 0.15) is 13.8 Å². The molecule has 9 heteroatoms. The van der Waals surface area contributed by atoms with Gasteiger partial charge in [-0.1, -0.05) is 0 Å². The molecule has 0 spiro atoms. The van der Waals surface area contributed by atoms with Gasteiger partial charge in [-0.3, -0.25) is 9.48 Å². The summed E-state index contributed by atoms with van der Waals surface area (Å²) in [5.74, 6) is -0.431. The van der Waals surface area contributed by atoms with E-state index in [9.17, 15) is 13.2 Å². The third-order valence-corrected chi connectivity index (χ3v) is 4.33. The zero-order chi connectivity index (χ0) is 14.6. The molecule has 0 aliphatic carbocycles. The van der Waals surface area contributed by atoms with Gasteiger partial charge in [0.1, 0.15) is 4.90 Å². The number of amides is 1. The zero-order valence-corrected chi connectivity index (χ0v) is 12.1. The lowest BCUT2D eigenvalue weighted by molar-refractivity contribution is -0.121. The highest BCUT2D eigenvalue weighted by Gasteiger charge is 2.27. The third-order valence-electron chi connectivity index (χ3n) is 2.51. The van der Waals surface area contributed by atoms with Crippen molar-refractivity contribution in [2.24, 2.45) is 0 Å². The van der Waals surface area contributed by atoms with Gasteiger partial charge in [0.05, 0.1) is 6.54 Å². The maximum Gasteiger partial charge on any atom is 0.248 e. The van der Waals surface area contributed by atoms with E-state index in [2.05, 4.69) is 10.4 Å². The van der Waals surface area contributed by atoms with Gasteiger partial charge in [0.25, 0.3) is 0 Å². The number of hydrogen-bond donors (Lipinski definition) is 2. The van der Waals surface area contributed by atoms with E-state index < -0.39 is 10.0 Å². The van der Waals surface area contributed by atoms with Gasteiger partial charge in [-0.15, -0.1) is 0 Å². The number of nitrogens with two attached hydrogens (primary N) is 1. The van der Waals surface area contributed by atoms with E-state index in [1.54, 1.807) is 6.92 Å². The van der Waals surface area contributed by atoms with Crippen LogP contribution < -0.4 is 11.1 Å². The molecular formula is C10H19N5O3S. The van der Waals surface area contributed by atoms with Crippen molar-refractivity contribution in [3.63, 3.8) is 0 Å². The Kier molecular flexibility index (Phi) is 4.90. The minimum absolute atomic E-state index is 0.0652.